The van der Waals surface area contributed by atoms with E-state index in [1.807, 2.05) is 11.6 Å². The van der Waals surface area contributed by atoms with Gasteiger partial charge in [-0.2, -0.15) is 0 Å². The van der Waals surface area contributed by atoms with E-state index in [2.05, 4.69) is 81.7 Å². The van der Waals surface area contributed by atoms with Crippen molar-refractivity contribution in [2.75, 3.05) is 4.90 Å². The number of H-pyrrole nitrogens is 1. The van der Waals surface area contributed by atoms with Crippen LogP contribution >= 0.6 is 0 Å². The molecule has 2 aromatic heterocycles. The average Bonchev–Trinajstić information content (AvgIpc) is 3.58. The van der Waals surface area contributed by atoms with Gasteiger partial charge in [0.05, 0.1) is 11.6 Å². The van der Waals surface area contributed by atoms with Gasteiger partial charge in [0.2, 0.25) is 0 Å². The molecule has 3 heterocycles. The molecule has 2 atom stereocenters. The molecule has 1 saturated carbocycles. The van der Waals surface area contributed by atoms with Gasteiger partial charge >= 0.3 is 0 Å². The predicted octanol–water partition coefficient (Wildman–Crippen LogP) is 4.79. The summed E-state index contributed by atoms with van der Waals surface area (Å²) in [5, 5.41) is 14.2. The lowest BCUT2D eigenvalue weighted by Crippen LogP contribution is -2.39. The first-order chi connectivity index (χ1) is 16.5. The minimum atomic E-state index is -0.373. The number of para-hydroxylation sites is 1. The number of nitrogens with zero attached hydrogens (tertiary/aromatic N) is 5. The summed E-state index contributed by atoms with van der Waals surface area (Å²) in [4.78, 5) is 19.2. The number of benzene rings is 2. The second kappa shape index (κ2) is 8.08. The molecular formula is C27H30N6O. The highest BCUT2D eigenvalue weighted by atomic mass is 16.1. The van der Waals surface area contributed by atoms with E-state index < -0.39 is 0 Å². The Balaban J connectivity index is 1.61. The zero-order valence-corrected chi connectivity index (χ0v) is 20.0. The van der Waals surface area contributed by atoms with Gasteiger partial charge in [-0.15, -0.1) is 5.10 Å². The maximum Gasteiger partial charge on any atom is 0.254 e. The van der Waals surface area contributed by atoms with Crippen molar-refractivity contribution in [2.45, 2.75) is 71.0 Å². The zero-order chi connectivity index (χ0) is 23.4. The number of hydrogen-bond donors (Lipinski definition) is 1. The van der Waals surface area contributed by atoms with Crippen LogP contribution in [0.4, 0.5) is 5.69 Å². The summed E-state index contributed by atoms with van der Waals surface area (Å²) in [5.41, 5.74) is 6.17. The molecule has 1 aliphatic carbocycles. The van der Waals surface area contributed by atoms with Gasteiger partial charge in [-0.05, 0) is 79.3 Å². The fourth-order valence-electron chi connectivity index (χ4n) is 5.98. The number of pyridine rings is 1. The Hall–Kier alpha value is -3.48. The lowest BCUT2D eigenvalue weighted by Gasteiger charge is -2.34. The van der Waals surface area contributed by atoms with Crippen molar-refractivity contribution in [2.24, 2.45) is 0 Å². The molecule has 7 heteroatoms. The third kappa shape index (κ3) is 3.25. The third-order valence-electron chi connectivity index (χ3n) is 7.74. The van der Waals surface area contributed by atoms with Crippen LogP contribution < -0.4 is 10.5 Å². The van der Waals surface area contributed by atoms with Crippen LogP contribution in [0.2, 0.25) is 0 Å². The Morgan fingerprint density at radius 3 is 2.65 bits per heavy atom. The van der Waals surface area contributed by atoms with Crippen LogP contribution in [0.1, 0.15) is 72.8 Å². The van der Waals surface area contributed by atoms with E-state index in [1.165, 1.54) is 18.4 Å². The molecule has 4 aromatic rings. The average molecular weight is 455 g/mol. The van der Waals surface area contributed by atoms with E-state index in [1.54, 1.807) is 0 Å². The van der Waals surface area contributed by atoms with Crippen LogP contribution in [-0.2, 0) is 6.42 Å². The Morgan fingerprint density at radius 1 is 1.06 bits per heavy atom. The molecule has 1 aliphatic heterocycles. The lowest BCUT2D eigenvalue weighted by atomic mass is 9.98. The minimum absolute atomic E-state index is 0.0799. The zero-order valence-electron chi connectivity index (χ0n) is 20.0. The van der Waals surface area contributed by atoms with Crippen molar-refractivity contribution in [1.82, 2.24) is 25.2 Å². The van der Waals surface area contributed by atoms with Gasteiger partial charge in [0.15, 0.2) is 5.82 Å². The van der Waals surface area contributed by atoms with E-state index in [0.717, 1.165) is 52.8 Å². The fraction of sp³-hybridized carbons (Fsp3) is 0.407. The van der Waals surface area contributed by atoms with Gasteiger partial charge in [-0.25, -0.2) is 4.68 Å². The van der Waals surface area contributed by atoms with Crippen LogP contribution in [-0.4, -0.2) is 31.2 Å². The van der Waals surface area contributed by atoms with Crippen LogP contribution in [0.25, 0.3) is 10.9 Å². The number of aromatic nitrogens is 5. The molecule has 0 spiro atoms. The molecule has 6 rings (SSSR count). The quantitative estimate of drug-likeness (QED) is 0.480. The van der Waals surface area contributed by atoms with Gasteiger partial charge in [0.25, 0.3) is 5.56 Å². The summed E-state index contributed by atoms with van der Waals surface area (Å²) in [6.07, 6.45) is 5.45. The molecule has 0 amide bonds. The van der Waals surface area contributed by atoms with Crippen LogP contribution in [0, 0.1) is 13.8 Å². The summed E-state index contributed by atoms with van der Waals surface area (Å²) in [6, 6.07) is 14.9. The number of aryl methyl sites for hydroxylation is 2. The van der Waals surface area contributed by atoms with E-state index in [4.69, 9.17) is 0 Å². The summed E-state index contributed by atoms with van der Waals surface area (Å²) in [7, 11) is 0. The maximum absolute atomic E-state index is 13.7. The van der Waals surface area contributed by atoms with Crippen molar-refractivity contribution < 1.29 is 0 Å². The monoisotopic (exact) mass is 454 g/mol. The number of hydrogen-bond acceptors (Lipinski definition) is 5. The Bertz CT molecular complexity index is 1430. The summed E-state index contributed by atoms with van der Waals surface area (Å²) in [6.45, 7) is 6.35. The predicted molar refractivity (Wildman–Crippen MR) is 133 cm³/mol. The smallest absolute Gasteiger partial charge is 0.254 e. The van der Waals surface area contributed by atoms with E-state index in [9.17, 15) is 4.79 Å². The standard InChI is InChI=1S/C27H30N6O/c1-16-12-13-17(2)24-21(16)15-22(27(34)28-24)25(26-29-30-31-33(26)20-9-5-6-10-20)32-18(3)14-19-8-4-7-11-23(19)32/h4,7-8,11-13,15,18,20,25H,5-6,9-10,14H2,1-3H3,(H,28,34)/t18-,25+/m0/s1. The number of fused-ring (bicyclic) bond motifs is 2. The van der Waals surface area contributed by atoms with Gasteiger partial charge in [-0.3, -0.25) is 4.79 Å². The molecule has 0 radical (unpaired) electrons. The second-order valence-electron chi connectivity index (χ2n) is 9.95. The number of nitrogens with one attached hydrogen (secondary N) is 1. The lowest BCUT2D eigenvalue weighted by molar-refractivity contribution is 0.423. The highest BCUT2D eigenvalue weighted by Gasteiger charge is 2.39. The number of aromatic amines is 1. The molecule has 0 saturated heterocycles. The van der Waals surface area contributed by atoms with Crippen molar-refractivity contribution in [1.29, 1.82) is 0 Å². The van der Waals surface area contributed by atoms with E-state index in [-0.39, 0.29) is 23.7 Å². The van der Waals surface area contributed by atoms with Crippen LogP contribution in [0.3, 0.4) is 0 Å². The first-order valence-electron chi connectivity index (χ1n) is 12.3. The van der Waals surface area contributed by atoms with Gasteiger partial charge in [-0.1, -0.05) is 43.2 Å². The number of rotatable bonds is 4. The molecule has 7 nitrogen and oxygen atoms in total. The number of tetrazole rings is 1. The molecule has 34 heavy (non-hydrogen) atoms. The van der Waals surface area contributed by atoms with Gasteiger partial charge < -0.3 is 9.88 Å². The highest BCUT2D eigenvalue weighted by Crippen LogP contribution is 2.42. The molecule has 2 aromatic carbocycles. The summed E-state index contributed by atoms with van der Waals surface area (Å²) in [5.74, 6) is 0.755. The summed E-state index contributed by atoms with van der Waals surface area (Å²) < 4.78 is 2.00. The van der Waals surface area contributed by atoms with Gasteiger partial charge in [0.1, 0.15) is 6.04 Å². The largest absolute Gasteiger partial charge is 0.354 e. The molecule has 0 bridgehead atoms. The fourth-order valence-corrected chi connectivity index (χ4v) is 5.98. The van der Waals surface area contributed by atoms with Crippen molar-refractivity contribution >= 4 is 16.6 Å². The van der Waals surface area contributed by atoms with Crippen molar-refractivity contribution in [3.63, 3.8) is 0 Å². The summed E-state index contributed by atoms with van der Waals surface area (Å²) >= 11 is 0. The molecule has 0 unspecified atom stereocenters. The van der Waals surface area contributed by atoms with Crippen LogP contribution in [0.5, 0.6) is 0 Å². The van der Waals surface area contributed by atoms with Gasteiger partial charge in [0, 0.05) is 22.7 Å². The number of anilines is 1. The van der Waals surface area contributed by atoms with E-state index in [0.29, 0.717) is 5.56 Å². The van der Waals surface area contributed by atoms with Crippen molar-refractivity contribution in [3.8, 4) is 0 Å². The van der Waals surface area contributed by atoms with Crippen LogP contribution in [0.15, 0.2) is 47.3 Å². The molecular weight excluding hydrogens is 424 g/mol. The van der Waals surface area contributed by atoms with E-state index >= 15 is 0 Å². The molecule has 1 fully saturated rings. The maximum atomic E-state index is 13.7. The minimum Gasteiger partial charge on any atom is -0.354 e. The first-order valence-corrected chi connectivity index (χ1v) is 12.3. The van der Waals surface area contributed by atoms with Crippen molar-refractivity contribution in [3.05, 3.63) is 80.9 Å². The SMILES string of the molecule is Cc1ccc(C)c2[nH]c(=O)c([C@H](c3nnnn3C3CCCC3)N3c4ccccc4C[C@@H]3C)cc12. The molecule has 2 aliphatic rings. The Kier molecular flexibility index (Phi) is 5.01. The topological polar surface area (TPSA) is 79.7 Å². The normalized spacial score (nSPS) is 19.1. The third-order valence-corrected chi connectivity index (χ3v) is 7.74. The molecule has 174 valence electrons. The Morgan fingerprint density at radius 2 is 1.82 bits per heavy atom. The molecule has 1 N–H and O–H groups in total. The Labute approximate surface area is 198 Å². The second-order valence-corrected chi connectivity index (χ2v) is 9.95. The highest BCUT2D eigenvalue weighted by molar-refractivity contribution is 5.85. The first kappa shape index (κ1) is 21.1.